The lowest BCUT2D eigenvalue weighted by molar-refractivity contribution is -0.118. The van der Waals surface area contributed by atoms with Crippen molar-refractivity contribution in [1.82, 2.24) is 4.72 Å². The lowest BCUT2D eigenvalue weighted by atomic mass is 10.0. The van der Waals surface area contributed by atoms with Gasteiger partial charge in [-0.2, -0.15) is 0 Å². The van der Waals surface area contributed by atoms with Gasteiger partial charge in [-0.25, -0.2) is 13.1 Å². The van der Waals surface area contributed by atoms with E-state index in [0.29, 0.717) is 6.42 Å². The standard InChI is InChI=1S/C10H12N2O3S/c11-10(13)6-8-5-7-3-1-2-4-9(7)16(14,15)12-8/h1-4,8,12H,5-6H2,(H2,11,13). The monoisotopic (exact) mass is 240 g/mol. The number of hydrogen-bond acceptors (Lipinski definition) is 3. The molecule has 1 atom stereocenters. The number of nitrogens with two attached hydrogens (primary N) is 1. The Morgan fingerprint density at radius 2 is 2.12 bits per heavy atom. The average Bonchev–Trinajstić information content (AvgIpc) is 2.15. The van der Waals surface area contributed by atoms with Gasteiger partial charge in [0.25, 0.3) is 0 Å². The molecule has 1 unspecified atom stereocenters. The van der Waals surface area contributed by atoms with Crippen LogP contribution in [0, 0.1) is 0 Å². The Labute approximate surface area is 93.7 Å². The van der Waals surface area contributed by atoms with Crippen molar-refractivity contribution in [2.24, 2.45) is 5.73 Å². The predicted octanol–water partition coefficient (Wildman–Crippen LogP) is -0.235. The molecule has 0 fully saturated rings. The molecule has 2 rings (SSSR count). The molecule has 16 heavy (non-hydrogen) atoms. The number of amides is 1. The number of rotatable bonds is 2. The largest absolute Gasteiger partial charge is 0.370 e. The van der Waals surface area contributed by atoms with Crippen LogP contribution in [0.3, 0.4) is 0 Å². The molecule has 0 spiro atoms. The summed E-state index contributed by atoms with van der Waals surface area (Å²) in [5, 5.41) is 0. The van der Waals surface area contributed by atoms with Crippen molar-refractivity contribution in [3.63, 3.8) is 0 Å². The molecule has 1 aliphatic rings. The molecule has 0 aliphatic carbocycles. The summed E-state index contributed by atoms with van der Waals surface area (Å²) in [5.41, 5.74) is 5.79. The van der Waals surface area contributed by atoms with E-state index >= 15 is 0 Å². The van der Waals surface area contributed by atoms with Gasteiger partial charge in [-0.1, -0.05) is 18.2 Å². The van der Waals surface area contributed by atoms with Crippen LogP contribution in [0.5, 0.6) is 0 Å². The molecule has 0 bridgehead atoms. The van der Waals surface area contributed by atoms with Crippen molar-refractivity contribution in [3.8, 4) is 0 Å². The minimum Gasteiger partial charge on any atom is -0.370 e. The topological polar surface area (TPSA) is 89.3 Å². The van der Waals surface area contributed by atoms with Crippen molar-refractivity contribution in [1.29, 1.82) is 0 Å². The fourth-order valence-corrected chi connectivity index (χ4v) is 3.37. The lowest BCUT2D eigenvalue weighted by Gasteiger charge is -2.24. The van der Waals surface area contributed by atoms with Crippen molar-refractivity contribution < 1.29 is 13.2 Å². The SMILES string of the molecule is NC(=O)CC1Cc2ccccc2S(=O)(=O)N1. The summed E-state index contributed by atoms with van der Waals surface area (Å²) in [6.45, 7) is 0. The van der Waals surface area contributed by atoms with Crippen LogP contribution >= 0.6 is 0 Å². The maximum atomic E-state index is 11.8. The van der Waals surface area contributed by atoms with Crippen LogP contribution in [0.25, 0.3) is 0 Å². The molecule has 1 aromatic rings. The molecular weight excluding hydrogens is 228 g/mol. The van der Waals surface area contributed by atoms with Gasteiger partial charge >= 0.3 is 0 Å². The van der Waals surface area contributed by atoms with Crippen LogP contribution in [0.15, 0.2) is 29.2 Å². The second kappa shape index (κ2) is 3.88. The van der Waals surface area contributed by atoms with Crippen LogP contribution in [0.4, 0.5) is 0 Å². The third-order valence-corrected chi connectivity index (χ3v) is 4.12. The van der Waals surface area contributed by atoms with Gasteiger partial charge in [0.05, 0.1) is 4.90 Å². The first-order valence-corrected chi connectivity index (χ1v) is 6.36. The fraction of sp³-hybridized carbons (Fsp3) is 0.300. The molecule has 86 valence electrons. The van der Waals surface area contributed by atoms with Crippen LogP contribution in [0.1, 0.15) is 12.0 Å². The Morgan fingerprint density at radius 1 is 1.44 bits per heavy atom. The van der Waals surface area contributed by atoms with Crippen molar-refractivity contribution in [2.75, 3.05) is 0 Å². The van der Waals surface area contributed by atoms with Gasteiger partial charge in [-0.15, -0.1) is 0 Å². The van der Waals surface area contributed by atoms with Crippen molar-refractivity contribution >= 4 is 15.9 Å². The summed E-state index contributed by atoms with van der Waals surface area (Å²) in [6.07, 6.45) is 0.520. The minimum absolute atomic E-state index is 0.0214. The summed E-state index contributed by atoms with van der Waals surface area (Å²) < 4.78 is 26.1. The highest BCUT2D eigenvalue weighted by Crippen LogP contribution is 2.23. The maximum Gasteiger partial charge on any atom is 0.241 e. The number of carbonyl (C=O) groups is 1. The molecule has 1 aromatic carbocycles. The zero-order valence-corrected chi connectivity index (χ0v) is 9.33. The summed E-state index contributed by atoms with van der Waals surface area (Å²) >= 11 is 0. The van der Waals surface area contributed by atoms with E-state index in [9.17, 15) is 13.2 Å². The van der Waals surface area contributed by atoms with E-state index in [1.54, 1.807) is 24.3 Å². The van der Waals surface area contributed by atoms with Crippen LogP contribution in [0.2, 0.25) is 0 Å². The number of sulfonamides is 1. The second-order valence-corrected chi connectivity index (χ2v) is 5.48. The molecule has 6 heteroatoms. The molecule has 0 saturated heterocycles. The van der Waals surface area contributed by atoms with E-state index in [0.717, 1.165) is 5.56 Å². The lowest BCUT2D eigenvalue weighted by Crippen LogP contribution is -2.43. The van der Waals surface area contributed by atoms with E-state index in [2.05, 4.69) is 4.72 Å². The highest BCUT2D eigenvalue weighted by Gasteiger charge is 2.29. The first-order chi connectivity index (χ1) is 7.49. The van der Waals surface area contributed by atoms with Gasteiger partial charge in [-0.05, 0) is 18.1 Å². The molecule has 0 aromatic heterocycles. The van der Waals surface area contributed by atoms with Crippen molar-refractivity contribution in [3.05, 3.63) is 29.8 Å². The zero-order valence-electron chi connectivity index (χ0n) is 8.51. The average molecular weight is 240 g/mol. The smallest absolute Gasteiger partial charge is 0.241 e. The first-order valence-electron chi connectivity index (χ1n) is 4.87. The second-order valence-electron chi connectivity index (χ2n) is 3.80. The number of benzene rings is 1. The fourth-order valence-electron chi connectivity index (χ4n) is 1.88. The van der Waals surface area contributed by atoms with Crippen molar-refractivity contribution in [2.45, 2.75) is 23.8 Å². The summed E-state index contributed by atoms with van der Waals surface area (Å²) in [5.74, 6) is -0.507. The summed E-state index contributed by atoms with van der Waals surface area (Å²) in [6, 6.07) is 6.32. The van der Waals surface area contributed by atoms with E-state index in [-0.39, 0.29) is 11.3 Å². The molecule has 1 amide bonds. The number of carbonyl (C=O) groups excluding carboxylic acids is 1. The normalized spacial score (nSPS) is 22.4. The molecule has 0 radical (unpaired) electrons. The Balaban J connectivity index is 2.37. The van der Waals surface area contributed by atoms with E-state index < -0.39 is 22.0 Å². The number of hydrogen-bond donors (Lipinski definition) is 2. The highest BCUT2D eigenvalue weighted by molar-refractivity contribution is 7.89. The first kappa shape index (κ1) is 11.1. The van der Waals surface area contributed by atoms with Gasteiger partial charge < -0.3 is 5.73 Å². The predicted molar refractivity (Wildman–Crippen MR) is 58.1 cm³/mol. The molecule has 1 aliphatic heterocycles. The Kier molecular flexibility index (Phi) is 2.69. The van der Waals surface area contributed by atoms with E-state index in [1.165, 1.54) is 0 Å². The van der Waals surface area contributed by atoms with E-state index in [4.69, 9.17) is 5.73 Å². The summed E-state index contributed by atoms with van der Waals surface area (Å²) in [4.78, 5) is 11.1. The van der Waals surface area contributed by atoms with Gasteiger partial charge in [-0.3, -0.25) is 4.79 Å². The van der Waals surface area contributed by atoms with Gasteiger partial charge in [0.2, 0.25) is 15.9 Å². The molecule has 0 saturated carbocycles. The number of primary amides is 1. The minimum atomic E-state index is -3.49. The third-order valence-electron chi connectivity index (χ3n) is 2.50. The Hall–Kier alpha value is -1.40. The molecule has 3 N–H and O–H groups in total. The van der Waals surface area contributed by atoms with Gasteiger partial charge in [0.15, 0.2) is 0 Å². The summed E-state index contributed by atoms with van der Waals surface area (Å²) in [7, 11) is -3.49. The Morgan fingerprint density at radius 3 is 2.81 bits per heavy atom. The Bertz CT molecular complexity index is 525. The van der Waals surface area contributed by atoms with Gasteiger partial charge in [0, 0.05) is 12.5 Å². The number of nitrogens with one attached hydrogen (secondary N) is 1. The van der Waals surface area contributed by atoms with Crippen LogP contribution < -0.4 is 10.5 Å². The molecular formula is C10H12N2O3S. The molecule has 1 heterocycles. The zero-order chi connectivity index (χ0) is 11.8. The quantitative estimate of drug-likeness (QED) is 0.748. The van der Waals surface area contributed by atoms with Gasteiger partial charge in [0.1, 0.15) is 0 Å². The maximum absolute atomic E-state index is 11.8. The highest BCUT2D eigenvalue weighted by atomic mass is 32.2. The van der Waals surface area contributed by atoms with E-state index in [1.807, 2.05) is 0 Å². The number of fused-ring (bicyclic) bond motifs is 1. The molecule has 5 nitrogen and oxygen atoms in total. The van der Waals surface area contributed by atoms with Crippen LogP contribution in [-0.4, -0.2) is 20.4 Å². The van der Waals surface area contributed by atoms with Crippen LogP contribution in [-0.2, 0) is 21.2 Å². The third kappa shape index (κ3) is 2.07.